The monoisotopic (exact) mass is 256 g/mol. The molecule has 18 heavy (non-hydrogen) atoms. The zero-order valence-electron chi connectivity index (χ0n) is 12.0. The highest BCUT2D eigenvalue weighted by atomic mass is 16.6. The van der Waals surface area contributed by atoms with E-state index in [2.05, 4.69) is 0 Å². The van der Waals surface area contributed by atoms with E-state index < -0.39 is 5.60 Å². The minimum Gasteiger partial charge on any atom is -0.459 e. The molecule has 1 saturated heterocycles. The van der Waals surface area contributed by atoms with Crippen molar-refractivity contribution in [1.82, 2.24) is 9.80 Å². The summed E-state index contributed by atoms with van der Waals surface area (Å²) in [5.41, 5.74) is -0.475. The number of hydrogen-bond donors (Lipinski definition) is 0. The second-order valence-corrected chi connectivity index (χ2v) is 5.95. The Morgan fingerprint density at radius 3 is 2.44 bits per heavy atom. The van der Waals surface area contributed by atoms with Crippen molar-refractivity contribution in [2.75, 3.05) is 27.2 Å². The summed E-state index contributed by atoms with van der Waals surface area (Å²) in [7, 11) is 3.45. The molecule has 0 aliphatic carbocycles. The van der Waals surface area contributed by atoms with Gasteiger partial charge in [-0.25, -0.2) is 0 Å². The molecule has 0 aromatic heterocycles. The van der Waals surface area contributed by atoms with Crippen LogP contribution in [0.2, 0.25) is 0 Å². The van der Waals surface area contributed by atoms with Crippen LogP contribution in [-0.4, -0.2) is 60.5 Å². The Morgan fingerprint density at radius 1 is 1.33 bits per heavy atom. The van der Waals surface area contributed by atoms with Crippen LogP contribution >= 0.6 is 0 Å². The maximum atomic E-state index is 12.0. The first-order valence-electron chi connectivity index (χ1n) is 6.38. The number of carbonyl (C=O) groups excluding carboxylic acids is 2. The average Bonchev–Trinajstić information content (AvgIpc) is 2.62. The number of carbonyl (C=O) groups is 2. The van der Waals surface area contributed by atoms with Crippen molar-refractivity contribution in [2.24, 2.45) is 0 Å². The number of rotatable bonds is 3. The molecule has 1 aliphatic rings. The number of likely N-dealkylation sites (tertiary alicyclic amines) is 1. The van der Waals surface area contributed by atoms with E-state index in [0.717, 1.165) is 19.4 Å². The van der Waals surface area contributed by atoms with Gasteiger partial charge in [0, 0.05) is 14.1 Å². The number of esters is 1. The zero-order chi connectivity index (χ0) is 13.9. The summed E-state index contributed by atoms with van der Waals surface area (Å²) in [5, 5.41) is 0. The molecular weight excluding hydrogens is 232 g/mol. The van der Waals surface area contributed by atoms with E-state index in [-0.39, 0.29) is 24.5 Å². The van der Waals surface area contributed by atoms with E-state index in [1.807, 2.05) is 25.7 Å². The lowest BCUT2D eigenvalue weighted by Gasteiger charge is -2.27. The largest absolute Gasteiger partial charge is 0.459 e. The normalized spacial score (nSPS) is 20.8. The minimum absolute atomic E-state index is 0.0189. The van der Waals surface area contributed by atoms with Gasteiger partial charge in [0.2, 0.25) is 5.91 Å². The van der Waals surface area contributed by atoms with Gasteiger partial charge < -0.3 is 9.64 Å². The maximum absolute atomic E-state index is 12.0. The summed E-state index contributed by atoms with van der Waals surface area (Å²) in [6.45, 7) is 6.64. The molecule has 1 aliphatic heterocycles. The third-order valence-electron chi connectivity index (χ3n) is 2.88. The molecule has 0 N–H and O–H groups in total. The quantitative estimate of drug-likeness (QED) is 0.703. The Bertz CT molecular complexity index is 321. The number of likely N-dealkylation sites (N-methyl/N-ethyl adjacent to an activating group) is 1. The third-order valence-corrected chi connectivity index (χ3v) is 2.88. The van der Waals surface area contributed by atoms with Gasteiger partial charge in [0.1, 0.15) is 11.6 Å². The molecule has 0 unspecified atom stereocenters. The topological polar surface area (TPSA) is 49.9 Å². The van der Waals surface area contributed by atoms with Crippen LogP contribution in [0.1, 0.15) is 33.6 Å². The van der Waals surface area contributed by atoms with Gasteiger partial charge in [0.15, 0.2) is 0 Å². The molecule has 1 fully saturated rings. The van der Waals surface area contributed by atoms with Gasteiger partial charge in [0.25, 0.3) is 0 Å². The lowest BCUT2D eigenvalue weighted by Crippen LogP contribution is -2.44. The van der Waals surface area contributed by atoms with Crippen molar-refractivity contribution in [2.45, 2.75) is 45.3 Å². The lowest BCUT2D eigenvalue weighted by atomic mass is 10.1. The molecule has 0 radical (unpaired) electrons. The molecule has 1 atom stereocenters. The second-order valence-electron chi connectivity index (χ2n) is 5.95. The molecule has 1 rings (SSSR count). The van der Waals surface area contributed by atoms with Crippen LogP contribution in [0, 0.1) is 0 Å². The predicted octanol–water partition coefficient (Wildman–Crippen LogP) is 0.881. The number of hydrogen-bond acceptors (Lipinski definition) is 4. The maximum Gasteiger partial charge on any atom is 0.323 e. The molecule has 1 heterocycles. The van der Waals surface area contributed by atoms with Gasteiger partial charge in [-0.2, -0.15) is 0 Å². The van der Waals surface area contributed by atoms with Crippen molar-refractivity contribution >= 4 is 11.9 Å². The molecule has 0 bridgehead atoms. The van der Waals surface area contributed by atoms with E-state index in [9.17, 15) is 9.59 Å². The van der Waals surface area contributed by atoms with E-state index in [4.69, 9.17) is 4.74 Å². The van der Waals surface area contributed by atoms with E-state index >= 15 is 0 Å². The van der Waals surface area contributed by atoms with Crippen molar-refractivity contribution in [3.05, 3.63) is 0 Å². The lowest BCUT2D eigenvalue weighted by molar-refractivity contribution is -0.160. The first kappa shape index (κ1) is 15.0. The fourth-order valence-electron chi connectivity index (χ4n) is 1.97. The summed E-state index contributed by atoms with van der Waals surface area (Å²) < 4.78 is 5.39. The average molecular weight is 256 g/mol. The number of nitrogens with zero attached hydrogens (tertiary/aromatic N) is 2. The third kappa shape index (κ3) is 4.29. The molecule has 0 aromatic rings. The minimum atomic E-state index is -0.475. The van der Waals surface area contributed by atoms with Gasteiger partial charge in [-0.15, -0.1) is 0 Å². The second kappa shape index (κ2) is 5.69. The van der Waals surface area contributed by atoms with E-state index in [1.165, 1.54) is 0 Å². The fourth-order valence-corrected chi connectivity index (χ4v) is 1.97. The molecule has 0 spiro atoms. The summed E-state index contributed by atoms with van der Waals surface area (Å²) >= 11 is 0. The predicted molar refractivity (Wildman–Crippen MR) is 69.1 cm³/mol. The van der Waals surface area contributed by atoms with Gasteiger partial charge in [-0.3, -0.25) is 14.5 Å². The molecule has 5 heteroatoms. The first-order chi connectivity index (χ1) is 8.20. The number of ether oxygens (including phenoxy) is 1. The molecule has 104 valence electrons. The highest BCUT2D eigenvalue weighted by molar-refractivity contribution is 5.80. The van der Waals surface area contributed by atoms with Crippen molar-refractivity contribution in [3.63, 3.8) is 0 Å². The molecule has 0 saturated carbocycles. The van der Waals surface area contributed by atoms with Crippen LogP contribution in [0.5, 0.6) is 0 Å². The van der Waals surface area contributed by atoms with Gasteiger partial charge >= 0.3 is 5.97 Å². The van der Waals surface area contributed by atoms with Crippen LogP contribution in [0.4, 0.5) is 0 Å². The Labute approximate surface area is 109 Å². The van der Waals surface area contributed by atoms with E-state index in [0.29, 0.717) is 0 Å². The van der Waals surface area contributed by atoms with Crippen molar-refractivity contribution in [3.8, 4) is 0 Å². The highest BCUT2D eigenvalue weighted by Gasteiger charge is 2.35. The smallest absolute Gasteiger partial charge is 0.323 e. The van der Waals surface area contributed by atoms with Crippen LogP contribution in [0.15, 0.2) is 0 Å². The Hall–Kier alpha value is -1.10. The molecule has 5 nitrogen and oxygen atoms in total. The van der Waals surface area contributed by atoms with Crippen molar-refractivity contribution in [1.29, 1.82) is 0 Å². The molecule has 1 amide bonds. The van der Waals surface area contributed by atoms with E-state index in [1.54, 1.807) is 19.0 Å². The highest BCUT2D eigenvalue weighted by Crippen LogP contribution is 2.20. The Morgan fingerprint density at radius 2 is 1.94 bits per heavy atom. The Balaban J connectivity index is 2.59. The van der Waals surface area contributed by atoms with Gasteiger partial charge in [-0.1, -0.05) is 0 Å². The van der Waals surface area contributed by atoms with Crippen molar-refractivity contribution < 1.29 is 14.3 Å². The summed E-state index contributed by atoms with van der Waals surface area (Å²) in [5.74, 6) is -0.197. The first-order valence-corrected chi connectivity index (χ1v) is 6.38. The standard InChI is InChI=1S/C13H24N2O3/c1-13(2,3)18-12(17)10-7-6-8-15(10)9-11(16)14(4)5/h10H,6-9H2,1-5H3/t10-/m0/s1. The summed E-state index contributed by atoms with van der Waals surface area (Å²) in [6.07, 6.45) is 1.71. The van der Waals surface area contributed by atoms with Gasteiger partial charge in [0.05, 0.1) is 6.54 Å². The fraction of sp³-hybridized carbons (Fsp3) is 0.846. The molecular formula is C13H24N2O3. The van der Waals surface area contributed by atoms with Crippen LogP contribution in [0.25, 0.3) is 0 Å². The van der Waals surface area contributed by atoms with Crippen LogP contribution in [0.3, 0.4) is 0 Å². The SMILES string of the molecule is CN(C)C(=O)CN1CCC[C@H]1C(=O)OC(C)(C)C. The zero-order valence-corrected chi connectivity index (χ0v) is 12.0. The van der Waals surface area contributed by atoms with Crippen LogP contribution in [-0.2, 0) is 14.3 Å². The molecule has 0 aromatic carbocycles. The van der Waals surface area contributed by atoms with Crippen LogP contribution < -0.4 is 0 Å². The number of amides is 1. The summed E-state index contributed by atoms with van der Waals surface area (Å²) in [4.78, 5) is 27.2. The summed E-state index contributed by atoms with van der Waals surface area (Å²) in [6, 6.07) is -0.270. The van der Waals surface area contributed by atoms with Gasteiger partial charge in [-0.05, 0) is 40.2 Å². The Kier molecular flexibility index (Phi) is 4.73.